The summed E-state index contributed by atoms with van der Waals surface area (Å²) in [5, 5.41) is 0. The van der Waals surface area contributed by atoms with Crippen LogP contribution in [-0.2, 0) is 36.3 Å². The second kappa shape index (κ2) is 11.6. The van der Waals surface area contributed by atoms with E-state index < -0.39 is 38.0 Å². The highest BCUT2D eigenvalue weighted by molar-refractivity contribution is 7.48. The van der Waals surface area contributed by atoms with Crippen molar-refractivity contribution in [1.29, 1.82) is 0 Å². The van der Waals surface area contributed by atoms with Crippen LogP contribution in [0, 0.1) is 0 Å². The summed E-state index contributed by atoms with van der Waals surface area (Å²) in [6.07, 6.45) is 1.92. The summed E-state index contributed by atoms with van der Waals surface area (Å²) in [6.45, 7) is 22.0. The van der Waals surface area contributed by atoms with Crippen LogP contribution in [0.25, 0.3) is 0 Å². The minimum absolute atomic E-state index is 0.206. The van der Waals surface area contributed by atoms with Crippen molar-refractivity contribution in [2.45, 2.75) is 125 Å². The molecule has 0 aromatic carbocycles. The van der Waals surface area contributed by atoms with E-state index in [-0.39, 0.29) is 13.2 Å². The predicted molar refractivity (Wildman–Crippen MR) is 124 cm³/mol. The SMILES string of the molecule is CC(C)(C)OP(=O)(OCCCCCOP(=O)(OC(C)(C)C)OC(C)(C)C)OC(C)(C)C. The summed E-state index contributed by atoms with van der Waals surface area (Å²) in [4.78, 5) is 0. The third kappa shape index (κ3) is 18.3. The molecule has 0 aliphatic rings. The van der Waals surface area contributed by atoms with Crippen molar-refractivity contribution in [3.63, 3.8) is 0 Å². The average molecular weight is 489 g/mol. The van der Waals surface area contributed by atoms with Crippen LogP contribution in [0.15, 0.2) is 0 Å². The molecule has 0 rings (SSSR count). The second-order valence-corrected chi connectivity index (χ2v) is 14.5. The summed E-state index contributed by atoms with van der Waals surface area (Å²) in [7, 11) is -7.41. The van der Waals surface area contributed by atoms with Crippen LogP contribution >= 0.6 is 15.6 Å². The van der Waals surface area contributed by atoms with Crippen molar-refractivity contribution >= 4 is 15.6 Å². The smallest absolute Gasteiger partial charge is 0.287 e. The molecular formula is C21H46O8P2. The van der Waals surface area contributed by atoms with Crippen LogP contribution in [0.1, 0.15) is 102 Å². The van der Waals surface area contributed by atoms with Crippen molar-refractivity contribution in [1.82, 2.24) is 0 Å². The molecule has 31 heavy (non-hydrogen) atoms. The maximum atomic E-state index is 13.0. The Balaban J connectivity index is 4.61. The van der Waals surface area contributed by atoms with Gasteiger partial charge in [-0.15, -0.1) is 0 Å². The number of hydrogen-bond donors (Lipinski definition) is 0. The topological polar surface area (TPSA) is 89.5 Å². The third-order valence-corrected chi connectivity index (χ3v) is 6.91. The van der Waals surface area contributed by atoms with Crippen molar-refractivity contribution in [3.05, 3.63) is 0 Å². The molecule has 0 radical (unpaired) electrons. The van der Waals surface area contributed by atoms with Crippen molar-refractivity contribution < 1.29 is 36.3 Å². The second-order valence-electron chi connectivity index (χ2n) is 11.4. The van der Waals surface area contributed by atoms with Gasteiger partial charge in [0.1, 0.15) is 0 Å². The van der Waals surface area contributed by atoms with E-state index in [9.17, 15) is 9.13 Å². The van der Waals surface area contributed by atoms with E-state index in [0.29, 0.717) is 19.3 Å². The molecule has 0 bridgehead atoms. The number of phosphoric ester groups is 2. The number of hydrogen-bond acceptors (Lipinski definition) is 8. The first kappa shape index (κ1) is 31.2. The van der Waals surface area contributed by atoms with Gasteiger partial charge < -0.3 is 0 Å². The summed E-state index contributed by atoms with van der Waals surface area (Å²) in [6, 6.07) is 0. The lowest BCUT2D eigenvalue weighted by Crippen LogP contribution is -2.25. The maximum absolute atomic E-state index is 13.0. The lowest BCUT2D eigenvalue weighted by atomic mass is 10.2. The van der Waals surface area contributed by atoms with E-state index in [2.05, 4.69) is 0 Å². The Morgan fingerprint density at radius 3 is 0.871 bits per heavy atom. The van der Waals surface area contributed by atoms with Gasteiger partial charge in [-0.1, -0.05) is 0 Å². The van der Waals surface area contributed by atoms with E-state index in [1.807, 2.05) is 0 Å². The standard InChI is InChI=1S/C21H46O8P2/c1-18(2,3)26-30(22,27-19(4,5)6)24-16-14-13-15-17-25-31(23,28-20(7,8)9)29-21(10,11)12/h13-17H2,1-12H3. The zero-order valence-corrected chi connectivity index (χ0v) is 23.5. The van der Waals surface area contributed by atoms with E-state index in [0.717, 1.165) is 0 Å². The molecule has 8 nitrogen and oxygen atoms in total. The molecule has 0 aromatic heterocycles. The van der Waals surface area contributed by atoms with Crippen molar-refractivity contribution in [3.8, 4) is 0 Å². The van der Waals surface area contributed by atoms with Gasteiger partial charge in [0.25, 0.3) is 0 Å². The summed E-state index contributed by atoms with van der Waals surface area (Å²) < 4.78 is 59.3. The van der Waals surface area contributed by atoms with Gasteiger partial charge in [0, 0.05) is 0 Å². The van der Waals surface area contributed by atoms with E-state index >= 15 is 0 Å². The first-order valence-corrected chi connectivity index (χ1v) is 13.8. The fraction of sp³-hybridized carbons (Fsp3) is 1.00. The lowest BCUT2D eigenvalue weighted by molar-refractivity contribution is 0.00275. The highest BCUT2D eigenvalue weighted by atomic mass is 31.2. The zero-order valence-electron chi connectivity index (χ0n) is 21.7. The minimum atomic E-state index is -3.71. The molecule has 0 unspecified atom stereocenters. The molecule has 0 saturated heterocycles. The Hall–Kier alpha value is 0.220. The molecule has 0 fully saturated rings. The summed E-state index contributed by atoms with van der Waals surface area (Å²) >= 11 is 0. The van der Waals surface area contributed by atoms with Crippen LogP contribution in [-0.4, -0.2) is 35.6 Å². The fourth-order valence-corrected chi connectivity index (χ4v) is 5.89. The van der Waals surface area contributed by atoms with Crippen LogP contribution in [0.2, 0.25) is 0 Å². The lowest BCUT2D eigenvalue weighted by Gasteiger charge is -2.31. The summed E-state index contributed by atoms with van der Waals surface area (Å²) in [5.74, 6) is 0. The molecule has 0 aromatic rings. The molecule has 0 amide bonds. The van der Waals surface area contributed by atoms with E-state index in [4.69, 9.17) is 27.1 Å². The van der Waals surface area contributed by atoms with Gasteiger partial charge in [0.15, 0.2) is 0 Å². The molecule has 0 aliphatic heterocycles. The van der Waals surface area contributed by atoms with Crippen LogP contribution in [0.5, 0.6) is 0 Å². The molecule has 0 spiro atoms. The summed E-state index contributed by atoms with van der Waals surface area (Å²) in [5.41, 5.74) is -2.68. The zero-order chi connectivity index (χ0) is 24.8. The van der Waals surface area contributed by atoms with Crippen LogP contribution < -0.4 is 0 Å². The van der Waals surface area contributed by atoms with Gasteiger partial charge in [-0.3, -0.25) is 27.1 Å². The number of unbranched alkanes of at least 4 members (excludes halogenated alkanes) is 2. The largest absolute Gasteiger partial charge is 0.475 e. The molecule has 0 atom stereocenters. The Bertz CT molecular complexity index is 527. The van der Waals surface area contributed by atoms with Gasteiger partial charge in [-0.2, -0.15) is 0 Å². The van der Waals surface area contributed by atoms with Crippen LogP contribution in [0.4, 0.5) is 0 Å². The maximum Gasteiger partial charge on any atom is 0.475 e. The van der Waals surface area contributed by atoms with E-state index in [1.54, 1.807) is 83.1 Å². The number of phosphoric acid groups is 2. The molecule has 188 valence electrons. The molecule has 0 N–H and O–H groups in total. The quantitative estimate of drug-likeness (QED) is 0.204. The van der Waals surface area contributed by atoms with E-state index in [1.165, 1.54) is 0 Å². The molecule has 0 saturated carbocycles. The van der Waals surface area contributed by atoms with Gasteiger partial charge >= 0.3 is 15.6 Å². The Morgan fingerprint density at radius 2 is 0.677 bits per heavy atom. The Kier molecular flexibility index (Phi) is 11.7. The molecule has 0 heterocycles. The third-order valence-electron chi connectivity index (χ3n) is 2.83. The monoisotopic (exact) mass is 488 g/mol. The molecule has 0 aliphatic carbocycles. The Labute approximate surface area is 190 Å². The molecular weight excluding hydrogens is 442 g/mol. The minimum Gasteiger partial charge on any atom is -0.287 e. The Morgan fingerprint density at radius 1 is 0.452 bits per heavy atom. The van der Waals surface area contributed by atoms with Gasteiger partial charge in [-0.25, -0.2) is 9.13 Å². The average Bonchev–Trinajstić information content (AvgIpc) is 2.37. The van der Waals surface area contributed by atoms with Crippen LogP contribution in [0.3, 0.4) is 0 Å². The van der Waals surface area contributed by atoms with Gasteiger partial charge in [0.2, 0.25) is 0 Å². The normalized spacial score (nSPS) is 14.8. The highest BCUT2D eigenvalue weighted by Gasteiger charge is 2.38. The first-order chi connectivity index (χ1) is 13.5. The van der Waals surface area contributed by atoms with Gasteiger partial charge in [-0.05, 0) is 102 Å². The van der Waals surface area contributed by atoms with Crippen molar-refractivity contribution in [2.75, 3.05) is 13.2 Å². The predicted octanol–water partition coefficient (Wildman–Crippen LogP) is 7.67. The highest BCUT2D eigenvalue weighted by Crippen LogP contribution is 2.56. The first-order valence-electron chi connectivity index (χ1n) is 10.9. The van der Waals surface area contributed by atoms with Gasteiger partial charge in [0.05, 0.1) is 35.6 Å². The fourth-order valence-electron chi connectivity index (χ4n) is 2.22. The molecule has 10 heteroatoms. The van der Waals surface area contributed by atoms with Crippen molar-refractivity contribution in [2.24, 2.45) is 0 Å². The number of rotatable bonds is 12.